The molecular formula is C14H22N3OP. The molecule has 1 saturated heterocycles. The summed E-state index contributed by atoms with van der Waals surface area (Å²) in [6.45, 7) is 1.11. The van der Waals surface area contributed by atoms with Crippen LogP contribution in [0, 0.1) is 23.2 Å². The third-order valence-corrected chi connectivity index (χ3v) is 5.64. The van der Waals surface area contributed by atoms with Gasteiger partial charge >= 0.3 is 0 Å². The van der Waals surface area contributed by atoms with Crippen LogP contribution in [-0.4, -0.2) is 41.6 Å². The first-order valence-corrected chi connectivity index (χ1v) is 8.03. The second-order valence-corrected chi connectivity index (χ2v) is 7.20. The third kappa shape index (κ3) is 2.51. The Balaban J connectivity index is 1.50. The lowest BCUT2D eigenvalue weighted by Crippen LogP contribution is -2.46. The van der Waals surface area contributed by atoms with Gasteiger partial charge in [-0.25, -0.2) is 0 Å². The maximum absolute atomic E-state index is 12.2. The van der Waals surface area contributed by atoms with Crippen LogP contribution in [0.15, 0.2) is 0 Å². The lowest BCUT2D eigenvalue weighted by Gasteiger charge is -2.34. The number of nitrogens with one attached hydrogen (secondary N) is 1. The standard InChI is InChI=1S/C14H22N3OP/c15-6-10-5-11(19)8-17(10)14(18)7-16-13-4-2-9-1-3-12(9)13/h9-13,16H,1-5,7-8,19H2. The van der Waals surface area contributed by atoms with E-state index in [0.717, 1.165) is 18.3 Å². The minimum absolute atomic E-state index is 0.0965. The van der Waals surface area contributed by atoms with Crippen LogP contribution in [0.2, 0.25) is 0 Å². The smallest absolute Gasteiger partial charge is 0.237 e. The summed E-state index contributed by atoms with van der Waals surface area (Å²) in [5.41, 5.74) is 0.371. The van der Waals surface area contributed by atoms with Gasteiger partial charge in [-0.1, -0.05) is 0 Å². The normalized spacial score (nSPS) is 40.6. The Bertz CT molecular complexity index is 408. The molecule has 0 aromatic carbocycles. The van der Waals surface area contributed by atoms with Crippen molar-refractivity contribution in [2.24, 2.45) is 11.8 Å². The number of carbonyl (C=O) groups is 1. The second-order valence-electron chi connectivity index (χ2n) is 6.25. The van der Waals surface area contributed by atoms with Crippen LogP contribution in [0.4, 0.5) is 0 Å². The van der Waals surface area contributed by atoms with E-state index in [9.17, 15) is 4.79 Å². The fourth-order valence-electron chi connectivity index (χ4n) is 3.93. The Hall–Kier alpha value is -0.650. The predicted octanol–water partition coefficient (Wildman–Crippen LogP) is 1.13. The molecule has 1 N–H and O–H groups in total. The first kappa shape index (κ1) is 13.3. The van der Waals surface area contributed by atoms with Crippen molar-refractivity contribution < 1.29 is 4.79 Å². The minimum atomic E-state index is -0.225. The van der Waals surface area contributed by atoms with Crippen molar-refractivity contribution in [3.63, 3.8) is 0 Å². The van der Waals surface area contributed by atoms with Crippen molar-refractivity contribution in [1.29, 1.82) is 5.26 Å². The fourth-order valence-corrected chi connectivity index (χ4v) is 4.42. The first-order valence-electron chi connectivity index (χ1n) is 7.37. The average molecular weight is 279 g/mol. The molecule has 5 heteroatoms. The van der Waals surface area contributed by atoms with E-state index in [0.29, 0.717) is 24.8 Å². The highest BCUT2D eigenvalue weighted by atomic mass is 31.0. The summed E-state index contributed by atoms with van der Waals surface area (Å²) in [5, 5.41) is 12.5. The van der Waals surface area contributed by atoms with Crippen molar-refractivity contribution in [1.82, 2.24) is 10.2 Å². The van der Waals surface area contributed by atoms with Gasteiger partial charge in [0.1, 0.15) is 6.04 Å². The van der Waals surface area contributed by atoms with Gasteiger partial charge in [-0.15, -0.1) is 9.24 Å². The summed E-state index contributed by atoms with van der Waals surface area (Å²) in [4.78, 5) is 14.0. The number of carbonyl (C=O) groups excluding carboxylic acids is 1. The molecule has 1 amide bonds. The molecule has 0 spiro atoms. The third-order valence-electron chi connectivity index (χ3n) is 5.16. The SMILES string of the molecule is N#CC1CC(P)CN1C(=O)CNC1CCC2CCC21. The van der Waals surface area contributed by atoms with Crippen LogP contribution in [-0.2, 0) is 4.79 Å². The molecule has 3 rings (SSSR count). The van der Waals surface area contributed by atoms with Gasteiger partial charge in [-0.2, -0.15) is 5.26 Å². The molecule has 6 unspecified atom stereocenters. The Kier molecular flexibility index (Phi) is 3.78. The summed E-state index contributed by atoms with van der Waals surface area (Å²) in [5.74, 6) is 1.83. The van der Waals surface area contributed by atoms with Gasteiger partial charge in [0.2, 0.25) is 5.91 Å². The molecule has 3 fully saturated rings. The van der Waals surface area contributed by atoms with Gasteiger partial charge in [0.25, 0.3) is 0 Å². The van der Waals surface area contributed by atoms with Crippen LogP contribution in [0.5, 0.6) is 0 Å². The minimum Gasteiger partial charge on any atom is -0.325 e. The van der Waals surface area contributed by atoms with Crippen molar-refractivity contribution in [2.45, 2.75) is 49.8 Å². The van der Waals surface area contributed by atoms with Gasteiger partial charge in [0.15, 0.2) is 0 Å². The average Bonchev–Trinajstić information content (AvgIpc) is 2.87. The maximum Gasteiger partial charge on any atom is 0.237 e. The summed E-state index contributed by atoms with van der Waals surface area (Å²) >= 11 is 0. The number of likely N-dealkylation sites (tertiary alicyclic amines) is 1. The molecule has 0 radical (unpaired) electrons. The topological polar surface area (TPSA) is 56.1 Å². The molecule has 0 aromatic heterocycles. The largest absolute Gasteiger partial charge is 0.325 e. The van der Waals surface area contributed by atoms with Gasteiger partial charge in [-0.3, -0.25) is 4.79 Å². The van der Waals surface area contributed by atoms with Crippen LogP contribution >= 0.6 is 9.24 Å². The van der Waals surface area contributed by atoms with Crippen LogP contribution < -0.4 is 5.32 Å². The van der Waals surface area contributed by atoms with Gasteiger partial charge in [0.05, 0.1) is 12.6 Å². The second kappa shape index (κ2) is 5.38. The van der Waals surface area contributed by atoms with Crippen LogP contribution in [0.1, 0.15) is 32.1 Å². The number of hydrogen-bond acceptors (Lipinski definition) is 3. The summed E-state index contributed by atoms with van der Waals surface area (Å²) in [6, 6.07) is 2.56. The van der Waals surface area contributed by atoms with Crippen LogP contribution in [0.3, 0.4) is 0 Å². The number of nitrogens with zero attached hydrogens (tertiary/aromatic N) is 2. The molecule has 104 valence electrons. The highest BCUT2D eigenvalue weighted by Crippen LogP contribution is 2.46. The molecule has 1 heterocycles. The van der Waals surface area contributed by atoms with E-state index in [4.69, 9.17) is 5.26 Å². The number of nitriles is 1. The van der Waals surface area contributed by atoms with Gasteiger partial charge in [0, 0.05) is 12.6 Å². The lowest BCUT2D eigenvalue weighted by molar-refractivity contribution is -0.130. The fraction of sp³-hybridized carbons (Fsp3) is 0.857. The van der Waals surface area contributed by atoms with Crippen molar-refractivity contribution >= 4 is 15.1 Å². The highest BCUT2D eigenvalue weighted by molar-refractivity contribution is 7.17. The van der Waals surface area contributed by atoms with Crippen LogP contribution in [0.25, 0.3) is 0 Å². The molecule has 3 aliphatic rings. The highest BCUT2D eigenvalue weighted by Gasteiger charge is 2.42. The van der Waals surface area contributed by atoms with E-state index in [1.807, 2.05) is 0 Å². The summed E-state index contributed by atoms with van der Waals surface area (Å²) in [7, 11) is 2.73. The van der Waals surface area contributed by atoms with Crippen molar-refractivity contribution in [3.8, 4) is 6.07 Å². The Morgan fingerprint density at radius 3 is 2.79 bits per heavy atom. The Labute approximate surface area is 117 Å². The van der Waals surface area contributed by atoms with E-state index < -0.39 is 0 Å². The summed E-state index contributed by atoms with van der Waals surface area (Å²) in [6.07, 6.45) is 6.05. The predicted molar refractivity (Wildman–Crippen MR) is 76.5 cm³/mol. The number of amides is 1. The number of rotatable bonds is 3. The van der Waals surface area contributed by atoms with Gasteiger partial charge in [-0.05, 0) is 49.6 Å². The first-order chi connectivity index (χ1) is 9.19. The monoisotopic (exact) mass is 279 g/mol. The molecule has 1 aliphatic heterocycles. The molecule has 0 bridgehead atoms. The molecule has 4 nitrogen and oxygen atoms in total. The van der Waals surface area contributed by atoms with E-state index >= 15 is 0 Å². The van der Waals surface area contributed by atoms with E-state index in [2.05, 4.69) is 20.6 Å². The zero-order chi connectivity index (χ0) is 13.4. The quantitative estimate of drug-likeness (QED) is 0.788. The van der Waals surface area contributed by atoms with E-state index in [1.165, 1.54) is 25.7 Å². The Morgan fingerprint density at radius 2 is 2.16 bits per heavy atom. The zero-order valence-corrected chi connectivity index (χ0v) is 12.4. The molecule has 2 aliphatic carbocycles. The number of hydrogen-bond donors (Lipinski definition) is 1. The number of fused-ring (bicyclic) bond motifs is 1. The van der Waals surface area contributed by atoms with Crippen molar-refractivity contribution in [2.75, 3.05) is 13.1 Å². The lowest BCUT2D eigenvalue weighted by atomic mass is 9.75. The maximum atomic E-state index is 12.2. The van der Waals surface area contributed by atoms with E-state index in [1.54, 1.807) is 4.90 Å². The molecule has 6 atom stereocenters. The van der Waals surface area contributed by atoms with Crippen molar-refractivity contribution in [3.05, 3.63) is 0 Å². The van der Waals surface area contributed by atoms with E-state index in [-0.39, 0.29) is 11.9 Å². The Morgan fingerprint density at radius 1 is 1.37 bits per heavy atom. The molecule has 0 aromatic rings. The molecular weight excluding hydrogens is 257 g/mol. The van der Waals surface area contributed by atoms with Gasteiger partial charge < -0.3 is 10.2 Å². The molecule has 19 heavy (non-hydrogen) atoms. The molecule has 2 saturated carbocycles. The summed E-state index contributed by atoms with van der Waals surface area (Å²) < 4.78 is 0. The zero-order valence-electron chi connectivity index (χ0n) is 11.2.